The van der Waals surface area contributed by atoms with Crippen molar-refractivity contribution in [2.45, 2.75) is 0 Å². The number of amides is 1. The predicted octanol–water partition coefficient (Wildman–Crippen LogP) is 1.20. The van der Waals surface area contributed by atoms with Crippen LogP contribution in [-0.4, -0.2) is 55.7 Å². The second kappa shape index (κ2) is 10.1. The number of aromatic nitrogens is 1. The van der Waals surface area contributed by atoms with Crippen LogP contribution >= 0.6 is 0 Å². The molecule has 0 atom stereocenters. The Morgan fingerprint density at radius 1 is 1.04 bits per heavy atom. The van der Waals surface area contributed by atoms with E-state index < -0.39 is 11.9 Å². The highest BCUT2D eigenvalue weighted by molar-refractivity contribution is 6.10. The molecule has 1 aromatic heterocycles. The number of benzene rings is 1. The maximum Gasteiger partial charge on any atom is 0.416 e. The van der Waals surface area contributed by atoms with E-state index in [1.807, 2.05) is 0 Å². The Morgan fingerprint density at radius 2 is 1.74 bits per heavy atom. The van der Waals surface area contributed by atoms with Crippen molar-refractivity contribution < 1.29 is 38.8 Å². The summed E-state index contributed by atoms with van der Waals surface area (Å²) in [6.07, 6.45) is 1.24. The molecule has 3 N–H and O–H groups in total. The lowest BCUT2D eigenvalue weighted by atomic mass is 10.1. The molecular formula is C18H21N2O7+. The summed E-state index contributed by atoms with van der Waals surface area (Å²) in [5.41, 5.74) is 0.176. The standard InChI is InChI=1S/C18H20N2O7/c1-25-8-9-26-10-11-27-16-7-6-13(12-20(16)24)19-17(21)14-4-2-3-5-15(14)18(22)23/h2-7,12H,8-11H2,1H3,(H2-,19,21,22,23,24)/p+1. The fourth-order valence-electron chi connectivity index (χ4n) is 2.18. The van der Waals surface area contributed by atoms with Crippen molar-refractivity contribution in [2.75, 3.05) is 38.9 Å². The summed E-state index contributed by atoms with van der Waals surface area (Å²) in [5, 5.41) is 21.6. The Kier molecular flexibility index (Phi) is 7.53. The fourth-order valence-corrected chi connectivity index (χ4v) is 2.18. The third kappa shape index (κ3) is 5.94. The number of methoxy groups -OCH3 is 1. The lowest BCUT2D eigenvalue weighted by Gasteiger charge is -2.07. The van der Waals surface area contributed by atoms with Gasteiger partial charge in [-0.15, -0.1) is 0 Å². The number of carbonyl (C=O) groups excluding carboxylic acids is 1. The lowest BCUT2D eigenvalue weighted by Crippen LogP contribution is -2.33. The van der Waals surface area contributed by atoms with Crippen LogP contribution < -0.4 is 14.8 Å². The highest BCUT2D eigenvalue weighted by atomic mass is 16.6. The monoisotopic (exact) mass is 377 g/mol. The molecule has 27 heavy (non-hydrogen) atoms. The van der Waals surface area contributed by atoms with Gasteiger partial charge in [-0.05, 0) is 18.2 Å². The van der Waals surface area contributed by atoms with Crippen molar-refractivity contribution in [2.24, 2.45) is 0 Å². The van der Waals surface area contributed by atoms with Gasteiger partial charge in [0, 0.05) is 11.8 Å². The van der Waals surface area contributed by atoms with Gasteiger partial charge in [0.25, 0.3) is 5.91 Å². The molecule has 9 heteroatoms. The van der Waals surface area contributed by atoms with Crippen LogP contribution in [0.2, 0.25) is 0 Å². The number of nitrogens with zero attached hydrogens (tertiary/aromatic N) is 1. The van der Waals surface area contributed by atoms with E-state index in [1.165, 1.54) is 36.5 Å². The molecule has 0 aliphatic heterocycles. The Balaban J connectivity index is 1.95. The molecule has 0 radical (unpaired) electrons. The minimum absolute atomic E-state index is 0.0167. The molecule has 1 amide bonds. The van der Waals surface area contributed by atoms with Crippen LogP contribution in [0.3, 0.4) is 0 Å². The average molecular weight is 377 g/mol. The molecule has 0 saturated carbocycles. The SMILES string of the molecule is COCCOCCOc1ccc(NC(=O)c2ccccc2C(=O)O)c[n+]1O. The van der Waals surface area contributed by atoms with Gasteiger partial charge in [-0.1, -0.05) is 12.1 Å². The van der Waals surface area contributed by atoms with E-state index >= 15 is 0 Å². The number of anilines is 1. The molecule has 0 aliphatic rings. The number of hydrogen-bond acceptors (Lipinski definition) is 6. The van der Waals surface area contributed by atoms with Crippen molar-refractivity contribution >= 4 is 17.6 Å². The summed E-state index contributed by atoms with van der Waals surface area (Å²) < 4.78 is 16.2. The van der Waals surface area contributed by atoms with Crippen LogP contribution in [0.1, 0.15) is 20.7 Å². The molecule has 9 nitrogen and oxygen atoms in total. The zero-order valence-electron chi connectivity index (χ0n) is 14.8. The van der Waals surface area contributed by atoms with Gasteiger partial charge in [-0.25, -0.2) is 4.79 Å². The van der Waals surface area contributed by atoms with Crippen molar-refractivity contribution in [3.8, 4) is 5.88 Å². The number of carbonyl (C=O) groups is 2. The Morgan fingerprint density at radius 3 is 2.41 bits per heavy atom. The van der Waals surface area contributed by atoms with Crippen molar-refractivity contribution in [1.29, 1.82) is 0 Å². The van der Waals surface area contributed by atoms with Crippen LogP contribution in [0.5, 0.6) is 5.88 Å². The molecule has 0 unspecified atom stereocenters. The molecule has 0 fully saturated rings. The van der Waals surface area contributed by atoms with Gasteiger partial charge in [0.05, 0.1) is 37.0 Å². The second-order valence-electron chi connectivity index (χ2n) is 5.36. The molecule has 1 heterocycles. The summed E-state index contributed by atoms with van der Waals surface area (Å²) in [6, 6.07) is 8.84. The minimum Gasteiger partial charge on any atom is -0.478 e. The molecule has 0 aliphatic carbocycles. The summed E-state index contributed by atoms with van der Waals surface area (Å²) >= 11 is 0. The molecule has 2 rings (SSSR count). The van der Waals surface area contributed by atoms with Crippen LogP contribution in [-0.2, 0) is 9.47 Å². The fraction of sp³-hybridized carbons (Fsp3) is 0.278. The highest BCUT2D eigenvalue weighted by Gasteiger charge is 2.18. The van der Waals surface area contributed by atoms with Gasteiger partial charge in [-0.2, -0.15) is 0 Å². The van der Waals surface area contributed by atoms with E-state index in [2.05, 4.69) is 5.32 Å². The lowest BCUT2D eigenvalue weighted by molar-refractivity contribution is -0.906. The maximum absolute atomic E-state index is 12.3. The first-order valence-corrected chi connectivity index (χ1v) is 8.11. The van der Waals surface area contributed by atoms with Crippen molar-refractivity contribution in [1.82, 2.24) is 0 Å². The zero-order chi connectivity index (χ0) is 19.6. The van der Waals surface area contributed by atoms with E-state index in [-0.39, 0.29) is 29.3 Å². The second-order valence-corrected chi connectivity index (χ2v) is 5.36. The number of nitrogens with one attached hydrogen (secondary N) is 1. The summed E-state index contributed by atoms with van der Waals surface area (Å²) in [6.45, 7) is 1.48. The number of ether oxygens (including phenoxy) is 3. The molecule has 0 spiro atoms. The van der Waals surface area contributed by atoms with E-state index in [9.17, 15) is 14.8 Å². The molecule has 0 bridgehead atoms. The first kappa shape index (κ1) is 20.1. The molecule has 2 aromatic rings. The number of pyridine rings is 1. The third-order valence-electron chi connectivity index (χ3n) is 3.46. The van der Waals surface area contributed by atoms with Crippen molar-refractivity contribution in [3.05, 3.63) is 53.7 Å². The maximum atomic E-state index is 12.3. The van der Waals surface area contributed by atoms with E-state index in [0.717, 1.165) is 0 Å². The van der Waals surface area contributed by atoms with Crippen molar-refractivity contribution in [3.63, 3.8) is 0 Å². The van der Waals surface area contributed by atoms with Crippen LogP contribution in [0.25, 0.3) is 0 Å². The van der Waals surface area contributed by atoms with Gasteiger partial charge in [0.15, 0.2) is 0 Å². The number of carboxylic acid groups (broad SMARTS) is 1. The number of rotatable bonds is 10. The zero-order valence-corrected chi connectivity index (χ0v) is 14.8. The first-order chi connectivity index (χ1) is 13.0. The first-order valence-electron chi connectivity index (χ1n) is 8.11. The summed E-state index contributed by atoms with van der Waals surface area (Å²) in [4.78, 5) is 23.5. The van der Waals surface area contributed by atoms with Crippen LogP contribution in [0.15, 0.2) is 42.6 Å². The van der Waals surface area contributed by atoms with Crippen LogP contribution in [0.4, 0.5) is 5.69 Å². The molecule has 0 saturated heterocycles. The Hall–Kier alpha value is -3.17. The van der Waals surface area contributed by atoms with Gasteiger partial charge in [-0.3, -0.25) is 10.0 Å². The quantitative estimate of drug-likeness (QED) is 0.323. The van der Waals surface area contributed by atoms with Gasteiger partial charge in [0.2, 0.25) is 6.20 Å². The molecular weight excluding hydrogens is 356 g/mol. The molecule has 144 valence electrons. The topological polar surface area (TPSA) is 118 Å². The highest BCUT2D eigenvalue weighted by Crippen LogP contribution is 2.14. The number of carboxylic acids is 1. The minimum atomic E-state index is -1.20. The predicted molar refractivity (Wildman–Crippen MR) is 93.4 cm³/mol. The van der Waals surface area contributed by atoms with Crippen LogP contribution in [0, 0.1) is 0 Å². The average Bonchev–Trinajstić information content (AvgIpc) is 2.66. The normalized spacial score (nSPS) is 10.4. The van der Waals surface area contributed by atoms with E-state index in [4.69, 9.17) is 19.3 Å². The van der Waals surface area contributed by atoms with Gasteiger partial charge >= 0.3 is 11.8 Å². The largest absolute Gasteiger partial charge is 0.478 e. The Labute approximate surface area is 155 Å². The van der Waals surface area contributed by atoms with E-state index in [0.29, 0.717) is 24.6 Å². The smallest absolute Gasteiger partial charge is 0.416 e. The third-order valence-corrected chi connectivity index (χ3v) is 3.46. The van der Waals surface area contributed by atoms with Gasteiger partial charge < -0.3 is 24.6 Å². The summed E-state index contributed by atoms with van der Waals surface area (Å²) in [7, 11) is 1.58. The molecule has 1 aromatic carbocycles. The Bertz CT molecular complexity index is 795. The van der Waals surface area contributed by atoms with Gasteiger partial charge in [0.1, 0.15) is 12.3 Å². The summed E-state index contributed by atoms with van der Waals surface area (Å²) in [5.74, 6) is -1.64. The number of hydrogen-bond donors (Lipinski definition) is 3. The van der Waals surface area contributed by atoms with E-state index in [1.54, 1.807) is 13.2 Å². The number of aromatic carboxylic acids is 1.